The summed E-state index contributed by atoms with van der Waals surface area (Å²) in [4.78, 5) is 35.4. The first kappa shape index (κ1) is 50.6. The zero-order valence-electron chi connectivity index (χ0n) is 36.0. The number of quaternary nitrogens is 1. The van der Waals surface area contributed by atoms with Crippen LogP contribution in [0.4, 0.5) is 0 Å². The normalized spacial score (nSPS) is 21.0. The number of allylic oxidation sites excluding steroid dienone is 2. The third-order valence-corrected chi connectivity index (χ3v) is 11.3. The summed E-state index contributed by atoms with van der Waals surface area (Å²) in [6.07, 6.45) is 34.2. The van der Waals surface area contributed by atoms with E-state index in [0.29, 0.717) is 48.3 Å². The molecule has 56 heavy (non-hydrogen) atoms. The Morgan fingerprint density at radius 1 is 0.643 bits per heavy atom. The molecule has 0 saturated carbocycles. The molecule has 0 aliphatic carbocycles. The summed E-state index contributed by atoms with van der Waals surface area (Å²) in [6, 6.07) is 0. The summed E-state index contributed by atoms with van der Waals surface area (Å²) in [5.74, 6) is -0.841. The topological polar surface area (TPSA) is 133 Å². The molecule has 0 spiro atoms. The summed E-state index contributed by atoms with van der Waals surface area (Å²) in [6.45, 7) is 4.31. The molecule has 2 saturated heterocycles. The summed E-state index contributed by atoms with van der Waals surface area (Å²) in [5.41, 5.74) is 0. The molecule has 0 bridgehead atoms. The van der Waals surface area contributed by atoms with Crippen molar-refractivity contribution in [3.05, 3.63) is 24.3 Å². The molecule has 2 aliphatic rings. The number of epoxide rings is 2. The van der Waals surface area contributed by atoms with Crippen LogP contribution < -0.4 is 0 Å². The van der Waals surface area contributed by atoms with E-state index in [4.69, 9.17) is 28.0 Å². The van der Waals surface area contributed by atoms with E-state index in [0.717, 1.165) is 77.0 Å². The van der Waals surface area contributed by atoms with Gasteiger partial charge in [-0.25, -0.2) is 4.57 Å². The molecule has 0 amide bonds. The molecule has 0 radical (unpaired) electrons. The van der Waals surface area contributed by atoms with E-state index < -0.39 is 32.5 Å². The van der Waals surface area contributed by atoms with E-state index in [1.54, 1.807) is 0 Å². The van der Waals surface area contributed by atoms with Gasteiger partial charge in [0.2, 0.25) is 0 Å². The van der Waals surface area contributed by atoms with Crippen LogP contribution in [0.2, 0.25) is 0 Å². The molecular weight excluding hydrogens is 733 g/mol. The van der Waals surface area contributed by atoms with Crippen LogP contribution in [-0.4, -0.2) is 99.3 Å². The average molecular weight is 815 g/mol. The first-order valence-corrected chi connectivity index (χ1v) is 23.8. The zero-order chi connectivity index (χ0) is 40.9. The van der Waals surface area contributed by atoms with Crippen molar-refractivity contribution in [3.8, 4) is 0 Å². The molecular formula is C44H81NO10P+. The highest BCUT2D eigenvalue weighted by Crippen LogP contribution is 2.43. The minimum absolute atomic E-state index is 0.0221. The second-order valence-corrected chi connectivity index (χ2v) is 18.3. The number of phosphoric ester groups is 1. The van der Waals surface area contributed by atoms with E-state index >= 15 is 0 Å². The molecule has 326 valence electrons. The van der Waals surface area contributed by atoms with Gasteiger partial charge in [0.05, 0.1) is 52.2 Å². The Morgan fingerprint density at radius 2 is 1.14 bits per heavy atom. The molecule has 2 fully saturated rings. The van der Waals surface area contributed by atoms with Crippen LogP contribution in [0.15, 0.2) is 24.3 Å². The highest BCUT2D eigenvalue weighted by molar-refractivity contribution is 7.47. The Morgan fingerprint density at radius 3 is 1.66 bits per heavy atom. The lowest BCUT2D eigenvalue weighted by Gasteiger charge is -2.24. The average Bonchev–Trinajstić information content (AvgIpc) is 4.07. The van der Waals surface area contributed by atoms with Crippen molar-refractivity contribution in [2.24, 2.45) is 0 Å². The molecule has 2 rings (SSSR count). The number of hydrogen-bond donors (Lipinski definition) is 1. The highest BCUT2D eigenvalue weighted by atomic mass is 31.2. The number of esters is 2. The molecule has 0 aromatic carbocycles. The van der Waals surface area contributed by atoms with Crippen molar-refractivity contribution in [1.82, 2.24) is 0 Å². The number of ether oxygens (including phenoxy) is 4. The van der Waals surface area contributed by atoms with Gasteiger partial charge in [-0.05, 0) is 64.2 Å². The van der Waals surface area contributed by atoms with Crippen LogP contribution >= 0.6 is 7.82 Å². The molecule has 0 aromatic rings. The Labute approximate surface area is 340 Å². The number of carbonyl (C=O) groups is 2. The summed E-state index contributed by atoms with van der Waals surface area (Å²) in [5, 5.41) is 0. The molecule has 11 nitrogen and oxygen atoms in total. The predicted molar refractivity (Wildman–Crippen MR) is 223 cm³/mol. The fraction of sp³-hybridized carbons (Fsp3) is 0.864. The van der Waals surface area contributed by atoms with Crippen LogP contribution in [0, 0.1) is 0 Å². The maximum absolute atomic E-state index is 12.7. The maximum Gasteiger partial charge on any atom is 0.472 e. The van der Waals surface area contributed by atoms with Crippen LogP contribution in [0.1, 0.15) is 168 Å². The van der Waals surface area contributed by atoms with Crippen LogP contribution in [-0.2, 0) is 42.1 Å². The van der Waals surface area contributed by atoms with Crippen molar-refractivity contribution < 1.29 is 51.5 Å². The van der Waals surface area contributed by atoms with E-state index in [1.165, 1.54) is 51.4 Å². The van der Waals surface area contributed by atoms with E-state index in [-0.39, 0.29) is 26.1 Å². The van der Waals surface area contributed by atoms with Gasteiger partial charge in [-0.2, -0.15) is 0 Å². The number of unbranched alkanes of at least 4 members (excludes halogenated alkanes) is 14. The SMILES string of the molecule is CCCCCC1OC1C/C=C/CCCCCCCC(=O)OCC(COP(=O)(O)OCC[N+](C)(C)C)OC(=O)CCCCCCC/C=C/CC1OC1CCCCC. The molecule has 6 unspecified atom stereocenters. The summed E-state index contributed by atoms with van der Waals surface area (Å²) < 4.78 is 45.8. The van der Waals surface area contributed by atoms with E-state index in [2.05, 4.69) is 38.2 Å². The van der Waals surface area contributed by atoms with Gasteiger partial charge in [-0.3, -0.25) is 18.6 Å². The lowest BCUT2D eigenvalue weighted by Crippen LogP contribution is -2.37. The molecule has 1 N–H and O–H groups in total. The fourth-order valence-corrected chi connectivity index (χ4v) is 7.30. The van der Waals surface area contributed by atoms with Gasteiger partial charge < -0.3 is 28.3 Å². The van der Waals surface area contributed by atoms with Gasteiger partial charge >= 0.3 is 19.8 Å². The fourth-order valence-electron chi connectivity index (χ4n) is 6.56. The number of carbonyl (C=O) groups excluding carboxylic acids is 2. The quantitative estimate of drug-likeness (QED) is 0.0160. The minimum Gasteiger partial charge on any atom is -0.462 e. The predicted octanol–water partition coefficient (Wildman–Crippen LogP) is 10.3. The summed E-state index contributed by atoms with van der Waals surface area (Å²) in [7, 11) is 1.44. The Hall–Kier alpha value is -1.59. The van der Waals surface area contributed by atoms with Crippen LogP contribution in [0.5, 0.6) is 0 Å². The van der Waals surface area contributed by atoms with Crippen molar-refractivity contribution >= 4 is 19.8 Å². The lowest BCUT2D eigenvalue weighted by molar-refractivity contribution is -0.870. The largest absolute Gasteiger partial charge is 0.472 e. The van der Waals surface area contributed by atoms with Crippen molar-refractivity contribution in [3.63, 3.8) is 0 Å². The Balaban J connectivity index is 1.58. The van der Waals surface area contributed by atoms with Gasteiger partial charge in [0.15, 0.2) is 6.10 Å². The molecule has 2 aliphatic heterocycles. The lowest BCUT2D eigenvalue weighted by atomic mass is 10.1. The Bertz CT molecular complexity index is 1140. The first-order valence-electron chi connectivity index (χ1n) is 22.3. The van der Waals surface area contributed by atoms with Crippen molar-refractivity contribution in [1.29, 1.82) is 0 Å². The number of likely N-dealkylation sites (N-methyl/N-ethyl adjacent to an activating group) is 1. The third kappa shape index (κ3) is 28.8. The summed E-state index contributed by atoms with van der Waals surface area (Å²) >= 11 is 0. The highest BCUT2D eigenvalue weighted by Gasteiger charge is 2.37. The maximum atomic E-state index is 12.7. The van der Waals surface area contributed by atoms with Gasteiger partial charge in [0.1, 0.15) is 19.8 Å². The van der Waals surface area contributed by atoms with Crippen molar-refractivity contribution in [2.75, 3.05) is 47.5 Å². The number of phosphoric acid groups is 1. The zero-order valence-corrected chi connectivity index (χ0v) is 36.9. The van der Waals surface area contributed by atoms with Gasteiger partial charge in [0, 0.05) is 12.8 Å². The van der Waals surface area contributed by atoms with Gasteiger partial charge in [-0.1, -0.05) is 115 Å². The number of nitrogens with zero attached hydrogens (tertiary/aromatic N) is 1. The van der Waals surface area contributed by atoms with Gasteiger partial charge in [-0.15, -0.1) is 0 Å². The van der Waals surface area contributed by atoms with Gasteiger partial charge in [0.25, 0.3) is 0 Å². The van der Waals surface area contributed by atoms with Crippen LogP contribution in [0.25, 0.3) is 0 Å². The number of hydrogen-bond acceptors (Lipinski definition) is 9. The monoisotopic (exact) mass is 815 g/mol. The second kappa shape index (κ2) is 30.5. The smallest absolute Gasteiger partial charge is 0.462 e. The first-order chi connectivity index (χ1) is 26.9. The molecule has 2 heterocycles. The number of rotatable bonds is 38. The molecule has 0 aromatic heterocycles. The Kier molecular flexibility index (Phi) is 27.5. The standard InChI is InChI=1S/C44H80NO10P/c1-6-8-22-28-39-41(54-39)30-24-18-14-10-12-16-20-26-32-43(46)50-36-38(37-52-56(48,49)51-35-34-45(3,4)5)53-44(47)33-27-21-17-13-11-15-19-25-31-42-40(55-42)29-23-9-7-2/h18-19,24-25,38-42H,6-17,20-23,26-37H2,1-5H3/p+1/b24-18+,25-19+. The minimum atomic E-state index is -4.39. The van der Waals surface area contributed by atoms with Crippen molar-refractivity contribution in [2.45, 2.75) is 198 Å². The molecule has 6 atom stereocenters. The van der Waals surface area contributed by atoms with Crippen LogP contribution in [0.3, 0.4) is 0 Å². The van der Waals surface area contributed by atoms with E-state index in [9.17, 15) is 19.0 Å². The molecule has 12 heteroatoms. The van der Waals surface area contributed by atoms with E-state index in [1.807, 2.05) is 21.1 Å². The second-order valence-electron chi connectivity index (χ2n) is 16.9. The third-order valence-electron chi connectivity index (χ3n) is 10.3.